The van der Waals surface area contributed by atoms with E-state index in [1.165, 1.54) is 7.11 Å². The van der Waals surface area contributed by atoms with Crippen LogP contribution in [0.1, 0.15) is 25.7 Å². The topological polar surface area (TPSA) is 49.8 Å². The summed E-state index contributed by atoms with van der Waals surface area (Å²) in [5, 5.41) is 10.0. The van der Waals surface area contributed by atoms with Crippen LogP contribution in [0.2, 0.25) is 0 Å². The van der Waals surface area contributed by atoms with Crippen LogP contribution in [0.25, 0.3) is 0 Å². The maximum Gasteiger partial charge on any atom is 0.409 e. The third-order valence-electron chi connectivity index (χ3n) is 3.48. The first-order valence-corrected chi connectivity index (χ1v) is 5.73. The van der Waals surface area contributed by atoms with E-state index < -0.39 is 0 Å². The molecule has 0 aromatic heterocycles. The van der Waals surface area contributed by atoms with Crippen LogP contribution in [0.4, 0.5) is 4.79 Å². The summed E-state index contributed by atoms with van der Waals surface area (Å²) in [6, 6.07) is 0. The van der Waals surface area contributed by atoms with Crippen molar-refractivity contribution in [2.24, 2.45) is 11.8 Å². The number of aliphatic hydroxyl groups is 1. The number of carbonyl (C=O) groups excluding carboxylic acids is 1. The van der Waals surface area contributed by atoms with Crippen molar-refractivity contribution in [2.75, 3.05) is 20.2 Å². The van der Waals surface area contributed by atoms with Gasteiger partial charge in [-0.05, 0) is 31.6 Å². The highest BCUT2D eigenvalue weighted by molar-refractivity contribution is 5.67. The summed E-state index contributed by atoms with van der Waals surface area (Å²) in [7, 11) is 1.41. The lowest BCUT2D eigenvalue weighted by Gasteiger charge is -2.34. The van der Waals surface area contributed by atoms with Gasteiger partial charge in [-0.25, -0.2) is 4.79 Å². The summed E-state index contributed by atoms with van der Waals surface area (Å²) in [5.74, 6) is 0.748. The summed E-state index contributed by atoms with van der Waals surface area (Å²) in [6.07, 6.45) is 3.83. The van der Waals surface area contributed by atoms with E-state index in [9.17, 15) is 9.90 Å². The van der Waals surface area contributed by atoms with Gasteiger partial charge in [0.15, 0.2) is 0 Å². The second-order valence-corrected chi connectivity index (χ2v) is 4.65. The highest BCUT2D eigenvalue weighted by Crippen LogP contribution is 2.38. The fraction of sp³-hybridized carbons (Fsp3) is 0.909. The van der Waals surface area contributed by atoms with E-state index in [-0.39, 0.29) is 18.1 Å². The molecule has 2 atom stereocenters. The number of carbonyl (C=O) groups is 1. The highest BCUT2D eigenvalue weighted by Gasteiger charge is 2.37. The molecule has 0 aromatic rings. The van der Waals surface area contributed by atoms with E-state index >= 15 is 0 Å². The summed E-state index contributed by atoms with van der Waals surface area (Å²) in [5.41, 5.74) is 0. The van der Waals surface area contributed by atoms with Crippen molar-refractivity contribution in [3.63, 3.8) is 0 Å². The maximum atomic E-state index is 11.3. The van der Waals surface area contributed by atoms with Crippen molar-refractivity contribution in [3.8, 4) is 0 Å². The molecule has 4 nitrogen and oxygen atoms in total. The Morgan fingerprint density at radius 3 is 2.73 bits per heavy atom. The molecule has 2 fully saturated rings. The number of hydrogen-bond acceptors (Lipinski definition) is 3. The number of methoxy groups -OCH3 is 1. The minimum absolute atomic E-state index is 0.211. The molecular weight excluding hydrogens is 194 g/mol. The minimum atomic E-state index is -0.261. The highest BCUT2D eigenvalue weighted by atomic mass is 16.5. The Morgan fingerprint density at radius 1 is 1.40 bits per heavy atom. The van der Waals surface area contributed by atoms with Gasteiger partial charge in [-0.15, -0.1) is 0 Å². The van der Waals surface area contributed by atoms with Crippen molar-refractivity contribution in [2.45, 2.75) is 31.8 Å². The fourth-order valence-electron chi connectivity index (χ4n) is 2.41. The van der Waals surface area contributed by atoms with Crippen LogP contribution < -0.4 is 0 Å². The number of nitrogens with zero attached hydrogens (tertiary/aromatic N) is 1. The molecule has 4 heteroatoms. The van der Waals surface area contributed by atoms with Crippen molar-refractivity contribution in [1.82, 2.24) is 4.90 Å². The van der Waals surface area contributed by atoms with Crippen LogP contribution in [0.15, 0.2) is 0 Å². The van der Waals surface area contributed by atoms with Crippen molar-refractivity contribution in [3.05, 3.63) is 0 Å². The zero-order valence-electron chi connectivity index (χ0n) is 9.19. The second kappa shape index (κ2) is 4.39. The number of likely N-dealkylation sites (tertiary alicyclic amines) is 1. The van der Waals surface area contributed by atoms with Crippen LogP contribution in [0, 0.1) is 11.8 Å². The second-order valence-electron chi connectivity index (χ2n) is 4.65. The molecule has 1 amide bonds. The van der Waals surface area contributed by atoms with Gasteiger partial charge in [0.2, 0.25) is 0 Å². The third-order valence-corrected chi connectivity index (χ3v) is 3.48. The Balaban J connectivity index is 1.88. The van der Waals surface area contributed by atoms with E-state index in [4.69, 9.17) is 4.74 Å². The van der Waals surface area contributed by atoms with Gasteiger partial charge in [-0.2, -0.15) is 0 Å². The Morgan fingerprint density at radius 2 is 2.13 bits per heavy atom. The Bertz CT molecular complexity index is 240. The molecule has 0 aromatic carbocycles. The standard InChI is InChI=1S/C11H19NO3/c1-15-11(14)12-6-2-3-9(7-12)10(13)8-4-5-8/h8-10,13H,2-7H2,1H3. The van der Waals surface area contributed by atoms with Crippen molar-refractivity contribution < 1.29 is 14.6 Å². The first-order valence-electron chi connectivity index (χ1n) is 5.73. The minimum Gasteiger partial charge on any atom is -0.453 e. The molecule has 1 aliphatic heterocycles. The van der Waals surface area contributed by atoms with Gasteiger partial charge < -0.3 is 14.7 Å². The number of piperidine rings is 1. The quantitative estimate of drug-likeness (QED) is 0.750. The predicted octanol–water partition coefficient (Wildman–Crippen LogP) is 1.24. The van der Waals surface area contributed by atoms with E-state index in [1.54, 1.807) is 4.90 Å². The average molecular weight is 213 g/mol. The fourth-order valence-corrected chi connectivity index (χ4v) is 2.41. The number of hydrogen-bond donors (Lipinski definition) is 1. The van der Waals surface area contributed by atoms with Gasteiger partial charge >= 0.3 is 6.09 Å². The molecule has 0 bridgehead atoms. The van der Waals surface area contributed by atoms with Gasteiger partial charge in [0.1, 0.15) is 0 Å². The SMILES string of the molecule is COC(=O)N1CCCC(C(O)C2CC2)C1. The van der Waals surface area contributed by atoms with Crippen LogP contribution in [-0.4, -0.2) is 42.4 Å². The summed E-state index contributed by atoms with van der Waals surface area (Å²) < 4.78 is 4.70. The molecule has 86 valence electrons. The number of ether oxygens (including phenoxy) is 1. The molecule has 2 rings (SSSR count). The molecule has 0 radical (unpaired) electrons. The first-order chi connectivity index (χ1) is 7.22. The molecular formula is C11H19NO3. The largest absolute Gasteiger partial charge is 0.453 e. The van der Waals surface area contributed by atoms with E-state index in [2.05, 4.69) is 0 Å². The lowest BCUT2D eigenvalue weighted by molar-refractivity contribution is 0.0343. The molecule has 0 spiro atoms. The zero-order chi connectivity index (χ0) is 10.8. The summed E-state index contributed by atoms with van der Waals surface area (Å²) in [4.78, 5) is 13.1. The van der Waals surface area contributed by atoms with Gasteiger partial charge in [0, 0.05) is 19.0 Å². The third kappa shape index (κ3) is 2.43. The average Bonchev–Trinajstić information content (AvgIpc) is 3.11. The van der Waals surface area contributed by atoms with Crippen LogP contribution in [0.3, 0.4) is 0 Å². The van der Waals surface area contributed by atoms with Crippen molar-refractivity contribution in [1.29, 1.82) is 0 Å². The van der Waals surface area contributed by atoms with Crippen LogP contribution >= 0.6 is 0 Å². The van der Waals surface area contributed by atoms with E-state index in [1.807, 2.05) is 0 Å². The van der Waals surface area contributed by atoms with Crippen molar-refractivity contribution >= 4 is 6.09 Å². The molecule has 1 aliphatic carbocycles. The Kier molecular flexibility index (Phi) is 3.14. The predicted molar refractivity (Wildman–Crippen MR) is 55.4 cm³/mol. The van der Waals surface area contributed by atoms with Gasteiger partial charge in [0.05, 0.1) is 13.2 Å². The van der Waals surface area contributed by atoms with Crippen LogP contribution in [-0.2, 0) is 4.74 Å². The van der Waals surface area contributed by atoms with E-state index in [0.717, 1.165) is 32.2 Å². The Labute approximate surface area is 90.2 Å². The number of aliphatic hydroxyl groups excluding tert-OH is 1. The molecule has 2 aliphatic rings. The molecule has 1 N–H and O–H groups in total. The lowest BCUT2D eigenvalue weighted by atomic mass is 9.90. The number of rotatable bonds is 2. The zero-order valence-corrected chi connectivity index (χ0v) is 9.19. The van der Waals surface area contributed by atoms with Crippen LogP contribution in [0.5, 0.6) is 0 Å². The van der Waals surface area contributed by atoms with Gasteiger partial charge in [-0.1, -0.05) is 0 Å². The maximum absolute atomic E-state index is 11.3. The molecule has 15 heavy (non-hydrogen) atoms. The number of amides is 1. The molecule has 1 heterocycles. The van der Waals surface area contributed by atoms with E-state index in [0.29, 0.717) is 12.5 Å². The molecule has 1 saturated carbocycles. The smallest absolute Gasteiger partial charge is 0.409 e. The summed E-state index contributed by atoms with van der Waals surface area (Å²) in [6.45, 7) is 1.42. The van der Waals surface area contributed by atoms with Gasteiger partial charge in [0.25, 0.3) is 0 Å². The molecule has 2 unspecified atom stereocenters. The monoisotopic (exact) mass is 213 g/mol. The molecule has 1 saturated heterocycles. The summed E-state index contributed by atoms with van der Waals surface area (Å²) >= 11 is 0. The lowest BCUT2D eigenvalue weighted by Crippen LogP contribution is -2.44. The van der Waals surface area contributed by atoms with Gasteiger partial charge in [-0.3, -0.25) is 0 Å². The first kappa shape index (κ1) is 10.7. The Hall–Kier alpha value is -0.770. The normalized spacial score (nSPS) is 28.7.